The summed E-state index contributed by atoms with van der Waals surface area (Å²) in [5, 5.41) is 4.10. The Labute approximate surface area is 137 Å². The summed E-state index contributed by atoms with van der Waals surface area (Å²) in [7, 11) is 1.87. The van der Waals surface area contributed by atoms with Gasteiger partial charge in [-0.2, -0.15) is 5.10 Å². The average Bonchev–Trinajstić information content (AvgIpc) is 3.00. The summed E-state index contributed by atoms with van der Waals surface area (Å²) in [5.41, 5.74) is 2.36. The maximum absolute atomic E-state index is 12.3. The number of rotatable bonds is 4. The second-order valence-electron chi connectivity index (χ2n) is 6.24. The van der Waals surface area contributed by atoms with E-state index in [9.17, 15) is 4.79 Å². The smallest absolute Gasteiger partial charge is 0.246 e. The molecular formula is C19H23N3O. The van der Waals surface area contributed by atoms with Crippen LogP contribution in [0.1, 0.15) is 24.0 Å². The number of nitrogens with zero attached hydrogens (tertiary/aromatic N) is 3. The topological polar surface area (TPSA) is 38.1 Å². The Morgan fingerprint density at radius 3 is 2.65 bits per heavy atom. The van der Waals surface area contributed by atoms with Crippen molar-refractivity contribution in [2.75, 3.05) is 13.1 Å². The Kier molecular flexibility index (Phi) is 4.91. The van der Waals surface area contributed by atoms with Crippen molar-refractivity contribution in [2.24, 2.45) is 13.0 Å². The second-order valence-corrected chi connectivity index (χ2v) is 6.24. The standard InChI is InChI=1S/C19H23N3O/c1-21-15-18(14-20-21)7-8-19(23)22-11-9-17(10-12-22)13-16-5-3-2-4-6-16/h2-8,14-15,17H,9-13H2,1H3/b8-7+. The van der Waals surface area contributed by atoms with Crippen molar-refractivity contribution < 1.29 is 4.79 Å². The minimum Gasteiger partial charge on any atom is -0.339 e. The molecule has 0 radical (unpaired) electrons. The summed E-state index contributed by atoms with van der Waals surface area (Å²) in [6, 6.07) is 10.6. The highest BCUT2D eigenvalue weighted by molar-refractivity contribution is 5.91. The highest BCUT2D eigenvalue weighted by Gasteiger charge is 2.21. The van der Waals surface area contributed by atoms with Crippen molar-refractivity contribution in [1.82, 2.24) is 14.7 Å². The number of carbonyl (C=O) groups is 1. The van der Waals surface area contributed by atoms with Gasteiger partial charge in [0.15, 0.2) is 0 Å². The van der Waals surface area contributed by atoms with E-state index in [4.69, 9.17) is 0 Å². The molecule has 4 heteroatoms. The normalized spacial score (nSPS) is 16.1. The average molecular weight is 309 g/mol. The molecule has 1 aromatic carbocycles. The van der Waals surface area contributed by atoms with E-state index in [0.717, 1.165) is 37.9 Å². The fourth-order valence-corrected chi connectivity index (χ4v) is 3.10. The van der Waals surface area contributed by atoms with E-state index in [1.54, 1.807) is 17.0 Å². The van der Waals surface area contributed by atoms with E-state index < -0.39 is 0 Å². The molecule has 120 valence electrons. The van der Waals surface area contributed by atoms with Crippen LogP contribution < -0.4 is 0 Å². The van der Waals surface area contributed by atoms with Crippen molar-refractivity contribution in [1.29, 1.82) is 0 Å². The largest absolute Gasteiger partial charge is 0.339 e. The number of aromatic nitrogens is 2. The van der Waals surface area contributed by atoms with Crippen LogP contribution >= 0.6 is 0 Å². The van der Waals surface area contributed by atoms with Gasteiger partial charge in [0, 0.05) is 38.0 Å². The first kappa shape index (κ1) is 15.5. The van der Waals surface area contributed by atoms with Crippen LogP contribution in [0.4, 0.5) is 0 Å². The fraction of sp³-hybridized carbons (Fsp3) is 0.368. The molecule has 0 bridgehead atoms. The maximum atomic E-state index is 12.3. The van der Waals surface area contributed by atoms with E-state index in [1.165, 1.54) is 5.56 Å². The van der Waals surface area contributed by atoms with Gasteiger partial charge in [0.2, 0.25) is 5.91 Å². The lowest BCUT2D eigenvalue weighted by Gasteiger charge is -2.31. The van der Waals surface area contributed by atoms with Gasteiger partial charge < -0.3 is 4.90 Å². The van der Waals surface area contributed by atoms with Gasteiger partial charge in [-0.1, -0.05) is 30.3 Å². The summed E-state index contributed by atoms with van der Waals surface area (Å²) in [6.07, 6.45) is 10.4. The molecule has 4 nitrogen and oxygen atoms in total. The minimum atomic E-state index is 0.104. The molecule has 0 saturated carbocycles. The van der Waals surface area contributed by atoms with Gasteiger partial charge in [0.05, 0.1) is 6.20 Å². The van der Waals surface area contributed by atoms with Crippen LogP contribution in [0.2, 0.25) is 0 Å². The van der Waals surface area contributed by atoms with Crippen LogP contribution in [0, 0.1) is 5.92 Å². The van der Waals surface area contributed by atoms with Crippen molar-refractivity contribution in [3.8, 4) is 0 Å². The van der Waals surface area contributed by atoms with E-state index >= 15 is 0 Å². The molecule has 0 atom stereocenters. The van der Waals surface area contributed by atoms with Crippen molar-refractivity contribution >= 4 is 12.0 Å². The summed E-state index contributed by atoms with van der Waals surface area (Å²) < 4.78 is 1.74. The minimum absolute atomic E-state index is 0.104. The lowest BCUT2D eigenvalue weighted by atomic mass is 9.90. The van der Waals surface area contributed by atoms with Gasteiger partial charge in [-0.3, -0.25) is 9.48 Å². The molecule has 0 N–H and O–H groups in total. The summed E-state index contributed by atoms with van der Waals surface area (Å²) >= 11 is 0. The Morgan fingerprint density at radius 1 is 1.26 bits per heavy atom. The van der Waals surface area contributed by atoms with Gasteiger partial charge in [-0.15, -0.1) is 0 Å². The monoisotopic (exact) mass is 309 g/mol. The molecule has 1 aliphatic rings. The van der Waals surface area contributed by atoms with E-state index in [1.807, 2.05) is 24.2 Å². The summed E-state index contributed by atoms with van der Waals surface area (Å²) in [5.74, 6) is 0.788. The van der Waals surface area contributed by atoms with E-state index in [2.05, 4.69) is 35.4 Å². The van der Waals surface area contributed by atoms with Gasteiger partial charge >= 0.3 is 0 Å². The number of amides is 1. The molecule has 23 heavy (non-hydrogen) atoms. The third kappa shape index (κ3) is 4.31. The molecular weight excluding hydrogens is 286 g/mol. The Bertz CT molecular complexity index is 667. The lowest BCUT2D eigenvalue weighted by Crippen LogP contribution is -2.37. The van der Waals surface area contributed by atoms with Crippen molar-refractivity contribution in [3.63, 3.8) is 0 Å². The predicted molar refractivity (Wildman–Crippen MR) is 91.7 cm³/mol. The van der Waals surface area contributed by atoms with Gasteiger partial charge in [-0.05, 0) is 36.8 Å². The highest BCUT2D eigenvalue weighted by Crippen LogP contribution is 2.21. The Balaban J connectivity index is 1.48. The van der Waals surface area contributed by atoms with Crippen LogP contribution in [0.5, 0.6) is 0 Å². The number of carbonyl (C=O) groups excluding carboxylic acids is 1. The second kappa shape index (κ2) is 7.27. The van der Waals surface area contributed by atoms with Crippen molar-refractivity contribution in [2.45, 2.75) is 19.3 Å². The molecule has 2 heterocycles. The quantitative estimate of drug-likeness (QED) is 0.815. The zero-order valence-corrected chi connectivity index (χ0v) is 13.6. The summed E-state index contributed by atoms with van der Waals surface area (Å²) in [6.45, 7) is 1.71. The first-order chi connectivity index (χ1) is 11.2. The predicted octanol–water partition coefficient (Wildman–Crippen LogP) is 2.91. The van der Waals surface area contributed by atoms with Crippen LogP contribution in [0.15, 0.2) is 48.8 Å². The fourth-order valence-electron chi connectivity index (χ4n) is 3.10. The molecule has 1 saturated heterocycles. The number of piperidine rings is 1. The first-order valence-electron chi connectivity index (χ1n) is 8.20. The molecule has 2 aromatic rings. The molecule has 0 spiro atoms. The third-order valence-electron chi connectivity index (χ3n) is 4.44. The zero-order chi connectivity index (χ0) is 16.1. The molecule has 1 aliphatic heterocycles. The molecule has 0 aliphatic carbocycles. The van der Waals surface area contributed by atoms with Gasteiger partial charge in [0.1, 0.15) is 0 Å². The van der Waals surface area contributed by atoms with Crippen LogP contribution in [-0.2, 0) is 18.3 Å². The van der Waals surface area contributed by atoms with Crippen molar-refractivity contribution in [3.05, 3.63) is 59.9 Å². The Morgan fingerprint density at radius 2 is 2.00 bits per heavy atom. The number of benzene rings is 1. The van der Waals surface area contributed by atoms with Crippen LogP contribution in [0.3, 0.4) is 0 Å². The lowest BCUT2D eigenvalue weighted by molar-refractivity contribution is -0.127. The number of likely N-dealkylation sites (tertiary alicyclic amines) is 1. The number of aryl methyl sites for hydroxylation is 1. The Hall–Kier alpha value is -2.36. The number of hydrogen-bond acceptors (Lipinski definition) is 2. The van der Waals surface area contributed by atoms with Crippen LogP contribution in [-0.4, -0.2) is 33.7 Å². The highest BCUT2D eigenvalue weighted by atomic mass is 16.2. The molecule has 1 amide bonds. The number of hydrogen-bond donors (Lipinski definition) is 0. The molecule has 1 aromatic heterocycles. The van der Waals surface area contributed by atoms with Gasteiger partial charge in [0.25, 0.3) is 0 Å². The SMILES string of the molecule is Cn1cc(/C=C/C(=O)N2CCC(Cc3ccccc3)CC2)cn1. The molecule has 1 fully saturated rings. The van der Waals surface area contributed by atoms with Crippen LogP contribution in [0.25, 0.3) is 6.08 Å². The first-order valence-corrected chi connectivity index (χ1v) is 8.20. The third-order valence-corrected chi connectivity index (χ3v) is 4.44. The zero-order valence-electron chi connectivity index (χ0n) is 13.6. The maximum Gasteiger partial charge on any atom is 0.246 e. The van der Waals surface area contributed by atoms with E-state index in [0.29, 0.717) is 5.92 Å². The van der Waals surface area contributed by atoms with Gasteiger partial charge in [-0.25, -0.2) is 0 Å². The van der Waals surface area contributed by atoms with E-state index in [-0.39, 0.29) is 5.91 Å². The molecule has 0 unspecified atom stereocenters. The molecule has 3 rings (SSSR count). The summed E-state index contributed by atoms with van der Waals surface area (Å²) in [4.78, 5) is 14.2.